The van der Waals surface area contributed by atoms with Gasteiger partial charge in [0.2, 0.25) is 10.0 Å². The highest BCUT2D eigenvalue weighted by atomic mass is 32.2. The summed E-state index contributed by atoms with van der Waals surface area (Å²) in [6, 6.07) is 11.4. The third-order valence-electron chi connectivity index (χ3n) is 4.07. The van der Waals surface area contributed by atoms with Crippen LogP contribution in [0.25, 0.3) is 10.7 Å². The van der Waals surface area contributed by atoms with E-state index in [0.717, 1.165) is 23.5 Å². The molecule has 1 aliphatic rings. The maximum atomic E-state index is 12.3. The van der Waals surface area contributed by atoms with Crippen molar-refractivity contribution in [3.8, 4) is 10.7 Å². The first-order chi connectivity index (χ1) is 13.5. The first kappa shape index (κ1) is 18.7. The summed E-state index contributed by atoms with van der Waals surface area (Å²) in [7, 11) is -3.62. The van der Waals surface area contributed by atoms with Crippen LogP contribution in [0, 0.1) is 0 Å². The Labute approximate surface area is 166 Å². The van der Waals surface area contributed by atoms with E-state index >= 15 is 0 Å². The van der Waals surface area contributed by atoms with Gasteiger partial charge in [-0.25, -0.2) is 22.9 Å². The van der Waals surface area contributed by atoms with E-state index in [1.165, 1.54) is 35.6 Å². The van der Waals surface area contributed by atoms with Crippen molar-refractivity contribution in [1.82, 2.24) is 14.7 Å². The van der Waals surface area contributed by atoms with Crippen molar-refractivity contribution in [2.45, 2.75) is 30.4 Å². The molecule has 0 amide bonds. The van der Waals surface area contributed by atoms with Gasteiger partial charge in [0.1, 0.15) is 11.6 Å². The zero-order valence-electron chi connectivity index (χ0n) is 14.7. The molecule has 28 heavy (non-hydrogen) atoms. The largest absolute Gasteiger partial charge is 0.456 e. The molecule has 2 aromatic heterocycles. The molecule has 0 saturated heterocycles. The molecule has 3 aromatic rings. The molecule has 1 N–H and O–H groups in total. The van der Waals surface area contributed by atoms with E-state index in [4.69, 9.17) is 4.74 Å². The summed E-state index contributed by atoms with van der Waals surface area (Å²) in [6.07, 6.45) is 3.37. The molecule has 1 aromatic carbocycles. The average molecular weight is 415 g/mol. The summed E-state index contributed by atoms with van der Waals surface area (Å²) < 4.78 is 32.5. The summed E-state index contributed by atoms with van der Waals surface area (Å²) >= 11 is 1.41. The maximum Gasteiger partial charge on any atom is 0.338 e. The number of thiazole rings is 1. The quantitative estimate of drug-likeness (QED) is 0.596. The highest BCUT2D eigenvalue weighted by Gasteiger charge is 2.28. The van der Waals surface area contributed by atoms with Crippen LogP contribution in [0.2, 0.25) is 0 Å². The molecule has 2 heterocycles. The van der Waals surface area contributed by atoms with Gasteiger partial charge < -0.3 is 4.74 Å². The Hall–Kier alpha value is -2.62. The van der Waals surface area contributed by atoms with Gasteiger partial charge in [-0.05, 0) is 43.2 Å². The van der Waals surface area contributed by atoms with Crippen molar-refractivity contribution < 1.29 is 17.9 Å². The predicted molar refractivity (Wildman–Crippen MR) is 104 cm³/mol. The third kappa shape index (κ3) is 4.44. The molecular weight excluding hydrogens is 398 g/mol. The van der Waals surface area contributed by atoms with Crippen LogP contribution in [-0.4, -0.2) is 30.4 Å². The van der Waals surface area contributed by atoms with Gasteiger partial charge in [0.15, 0.2) is 0 Å². The number of hydrogen-bond donors (Lipinski definition) is 1. The van der Waals surface area contributed by atoms with Crippen molar-refractivity contribution in [3.63, 3.8) is 0 Å². The van der Waals surface area contributed by atoms with Crippen LogP contribution in [-0.2, 0) is 21.4 Å². The lowest BCUT2D eigenvalue weighted by Gasteiger charge is -2.07. The number of nitrogens with one attached hydrogen (secondary N) is 1. The molecule has 7 nitrogen and oxygen atoms in total. The Morgan fingerprint density at radius 3 is 2.82 bits per heavy atom. The van der Waals surface area contributed by atoms with E-state index < -0.39 is 16.0 Å². The fraction of sp³-hybridized carbons (Fsp3) is 0.211. The number of carbonyl (C=O) groups excluding carboxylic acids is 1. The van der Waals surface area contributed by atoms with Crippen LogP contribution in [0.15, 0.2) is 58.9 Å². The van der Waals surface area contributed by atoms with E-state index in [1.54, 1.807) is 11.6 Å². The second-order valence-corrected chi connectivity index (χ2v) is 8.93. The number of esters is 1. The maximum absolute atomic E-state index is 12.3. The van der Waals surface area contributed by atoms with E-state index in [-0.39, 0.29) is 23.1 Å². The number of aromatic nitrogens is 2. The molecule has 1 fully saturated rings. The number of sulfonamides is 1. The van der Waals surface area contributed by atoms with Gasteiger partial charge in [-0.1, -0.05) is 12.1 Å². The van der Waals surface area contributed by atoms with Gasteiger partial charge in [0.25, 0.3) is 0 Å². The summed E-state index contributed by atoms with van der Waals surface area (Å²) in [6.45, 7) is -0.000527. The number of pyridine rings is 1. The average Bonchev–Trinajstić information content (AvgIpc) is 3.39. The van der Waals surface area contributed by atoms with E-state index in [1.807, 2.05) is 18.2 Å². The Kier molecular flexibility index (Phi) is 5.21. The molecular formula is C19H17N3O4S2. The van der Waals surface area contributed by atoms with Gasteiger partial charge in [-0.3, -0.25) is 4.98 Å². The summed E-state index contributed by atoms with van der Waals surface area (Å²) in [4.78, 5) is 21.0. The van der Waals surface area contributed by atoms with Crippen LogP contribution >= 0.6 is 11.3 Å². The van der Waals surface area contributed by atoms with Crippen LogP contribution in [0.4, 0.5) is 0 Å². The van der Waals surface area contributed by atoms with E-state index in [0.29, 0.717) is 5.69 Å². The Bertz CT molecular complexity index is 1090. The van der Waals surface area contributed by atoms with Crippen LogP contribution in [0.1, 0.15) is 28.9 Å². The second kappa shape index (κ2) is 7.78. The lowest BCUT2D eigenvalue weighted by Crippen LogP contribution is -2.25. The minimum atomic E-state index is -3.62. The van der Waals surface area contributed by atoms with Crippen molar-refractivity contribution in [2.75, 3.05) is 0 Å². The molecule has 0 bridgehead atoms. The molecule has 0 unspecified atom stereocenters. The molecule has 0 radical (unpaired) electrons. The molecule has 0 aliphatic heterocycles. The van der Waals surface area contributed by atoms with Crippen LogP contribution in [0.5, 0.6) is 0 Å². The number of benzene rings is 1. The molecule has 144 valence electrons. The second-order valence-electron chi connectivity index (χ2n) is 6.36. The monoisotopic (exact) mass is 415 g/mol. The zero-order chi connectivity index (χ0) is 19.6. The van der Waals surface area contributed by atoms with Crippen molar-refractivity contribution in [1.29, 1.82) is 0 Å². The number of rotatable bonds is 7. The Balaban J connectivity index is 1.42. The number of ether oxygens (including phenoxy) is 1. The number of hydrogen-bond acceptors (Lipinski definition) is 7. The van der Waals surface area contributed by atoms with E-state index in [9.17, 15) is 13.2 Å². The smallest absolute Gasteiger partial charge is 0.338 e. The molecule has 9 heteroatoms. The lowest BCUT2D eigenvalue weighted by atomic mass is 10.2. The van der Waals surface area contributed by atoms with E-state index in [2.05, 4.69) is 14.7 Å². The first-order valence-corrected chi connectivity index (χ1v) is 11.0. The standard InChI is InChI=1S/C19H17N3O4S2/c23-19(13-4-3-5-16(10-13)28(24,25)22-14-7-8-14)26-11-15-12-27-18(21-15)17-6-1-2-9-20-17/h1-6,9-10,12,14,22H,7-8,11H2. The van der Waals surface area contributed by atoms with Gasteiger partial charge in [0, 0.05) is 17.6 Å². The molecule has 1 saturated carbocycles. The van der Waals surface area contributed by atoms with Crippen LogP contribution in [0.3, 0.4) is 0 Å². The lowest BCUT2D eigenvalue weighted by molar-refractivity contribution is 0.0468. The third-order valence-corrected chi connectivity index (χ3v) is 6.50. The fourth-order valence-corrected chi connectivity index (χ4v) is 4.61. The van der Waals surface area contributed by atoms with Gasteiger partial charge >= 0.3 is 5.97 Å². The predicted octanol–water partition coefficient (Wildman–Crippen LogP) is 3.00. The summed E-state index contributed by atoms with van der Waals surface area (Å²) in [5.74, 6) is -0.601. The SMILES string of the molecule is O=C(OCc1csc(-c2ccccn2)n1)c1cccc(S(=O)(=O)NC2CC2)c1. The Morgan fingerprint density at radius 1 is 1.21 bits per heavy atom. The summed E-state index contributed by atoms with van der Waals surface area (Å²) in [5, 5.41) is 2.54. The fourth-order valence-electron chi connectivity index (χ4n) is 2.48. The van der Waals surface area contributed by atoms with Gasteiger partial charge in [0.05, 0.1) is 21.8 Å². The molecule has 1 aliphatic carbocycles. The first-order valence-electron chi connectivity index (χ1n) is 8.66. The minimum absolute atomic E-state index is 0.000527. The van der Waals surface area contributed by atoms with Gasteiger partial charge in [-0.2, -0.15) is 0 Å². The topological polar surface area (TPSA) is 98.2 Å². The number of carbonyl (C=O) groups is 1. The van der Waals surface area contributed by atoms with Crippen molar-refractivity contribution in [3.05, 3.63) is 65.3 Å². The van der Waals surface area contributed by atoms with Crippen LogP contribution < -0.4 is 4.72 Å². The van der Waals surface area contributed by atoms with Crippen molar-refractivity contribution in [2.24, 2.45) is 0 Å². The molecule has 0 spiro atoms. The zero-order valence-corrected chi connectivity index (χ0v) is 16.4. The minimum Gasteiger partial charge on any atom is -0.456 e. The molecule has 0 atom stereocenters. The highest BCUT2D eigenvalue weighted by Crippen LogP contribution is 2.23. The normalized spacial score (nSPS) is 14.0. The Morgan fingerprint density at radius 2 is 2.07 bits per heavy atom. The molecule has 4 rings (SSSR count). The number of nitrogens with zero attached hydrogens (tertiary/aromatic N) is 2. The van der Waals surface area contributed by atoms with Gasteiger partial charge in [-0.15, -0.1) is 11.3 Å². The van der Waals surface area contributed by atoms with Crippen molar-refractivity contribution >= 4 is 27.3 Å². The highest BCUT2D eigenvalue weighted by molar-refractivity contribution is 7.89. The summed E-state index contributed by atoms with van der Waals surface area (Å²) in [5.41, 5.74) is 1.54.